The van der Waals surface area contributed by atoms with E-state index in [4.69, 9.17) is 7.85 Å². The van der Waals surface area contributed by atoms with E-state index in [0.717, 1.165) is 11.4 Å². The van der Waals surface area contributed by atoms with E-state index >= 15 is 0 Å². The molecule has 0 bridgehead atoms. The first-order valence-corrected chi connectivity index (χ1v) is 2.76. The van der Waals surface area contributed by atoms with Gasteiger partial charge in [-0.3, -0.25) is 9.97 Å². The van der Waals surface area contributed by atoms with Gasteiger partial charge in [-0.05, 0) is 13.8 Å². The Balaban J connectivity index is 3.17. The van der Waals surface area contributed by atoms with Gasteiger partial charge in [0.15, 0.2) is 0 Å². The summed E-state index contributed by atoms with van der Waals surface area (Å²) in [5.74, 6) is 0. The molecular formula is C6H7BN2. The van der Waals surface area contributed by atoms with Crippen LogP contribution in [0, 0.1) is 13.8 Å². The fourth-order valence-electron chi connectivity index (χ4n) is 0.560. The van der Waals surface area contributed by atoms with Crippen LogP contribution in [0.15, 0.2) is 6.20 Å². The third kappa shape index (κ3) is 1.28. The lowest BCUT2D eigenvalue weighted by atomic mass is 10.1. The van der Waals surface area contributed by atoms with Crippen LogP contribution in [0.4, 0.5) is 0 Å². The van der Waals surface area contributed by atoms with Crippen LogP contribution >= 0.6 is 0 Å². The number of hydrogen-bond donors (Lipinski definition) is 0. The quantitative estimate of drug-likeness (QED) is 0.444. The second kappa shape index (κ2) is 2.17. The fraction of sp³-hybridized carbons (Fsp3) is 0.333. The highest BCUT2D eigenvalue weighted by Gasteiger charge is 1.91. The zero-order valence-corrected chi connectivity index (χ0v) is 5.55. The maximum absolute atomic E-state index is 5.35. The average Bonchev–Trinajstić information content (AvgIpc) is 1.80. The Morgan fingerprint density at radius 1 is 1.33 bits per heavy atom. The first-order valence-electron chi connectivity index (χ1n) is 2.76. The molecule has 0 saturated carbocycles. The summed E-state index contributed by atoms with van der Waals surface area (Å²) in [5, 5.41) is 0. The molecule has 1 aromatic heterocycles. The van der Waals surface area contributed by atoms with Gasteiger partial charge >= 0.3 is 0 Å². The molecule has 0 spiro atoms. The summed E-state index contributed by atoms with van der Waals surface area (Å²) in [6.07, 6.45) is 1.56. The molecule has 1 heterocycles. The predicted molar refractivity (Wildman–Crippen MR) is 36.9 cm³/mol. The summed E-state index contributed by atoms with van der Waals surface area (Å²) in [7, 11) is 5.35. The Morgan fingerprint density at radius 3 is 2.44 bits per heavy atom. The Hall–Kier alpha value is -0.855. The Kier molecular flexibility index (Phi) is 1.51. The first-order chi connectivity index (χ1) is 4.20. The summed E-state index contributed by atoms with van der Waals surface area (Å²) in [4.78, 5) is 7.98. The molecule has 0 amide bonds. The van der Waals surface area contributed by atoms with Gasteiger partial charge in [-0.1, -0.05) is 0 Å². The first kappa shape index (κ1) is 6.27. The number of aromatic nitrogens is 2. The molecule has 0 fully saturated rings. The molecule has 44 valence electrons. The van der Waals surface area contributed by atoms with E-state index in [-0.39, 0.29) is 0 Å². The summed E-state index contributed by atoms with van der Waals surface area (Å²) in [5.41, 5.74) is 2.32. The molecule has 1 rings (SSSR count). The molecule has 0 aliphatic carbocycles. The lowest BCUT2D eigenvalue weighted by Crippen LogP contribution is -2.11. The molecule has 9 heavy (non-hydrogen) atoms. The van der Waals surface area contributed by atoms with E-state index in [0.29, 0.717) is 5.59 Å². The zero-order chi connectivity index (χ0) is 6.85. The van der Waals surface area contributed by atoms with Gasteiger partial charge < -0.3 is 0 Å². The molecule has 0 aromatic carbocycles. The number of hydrogen-bond acceptors (Lipinski definition) is 2. The van der Waals surface area contributed by atoms with Crippen molar-refractivity contribution in [2.24, 2.45) is 0 Å². The molecule has 0 N–H and O–H groups in total. The van der Waals surface area contributed by atoms with Gasteiger partial charge in [0.1, 0.15) is 7.85 Å². The van der Waals surface area contributed by atoms with Crippen molar-refractivity contribution >= 4 is 13.4 Å². The van der Waals surface area contributed by atoms with Gasteiger partial charge in [-0.2, -0.15) is 0 Å². The molecule has 0 unspecified atom stereocenters. The van der Waals surface area contributed by atoms with Crippen molar-refractivity contribution < 1.29 is 0 Å². The van der Waals surface area contributed by atoms with Crippen molar-refractivity contribution in [1.29, 1.82) is 0 Å². The van der Waals surface area contributed by atoms with Gasteiger partial charge in [0.05, 0.1) is 11.4 Å². The Labute approximate surface area is 55.8 Å². The second-order valence-corrected chi connectivity index (χ2v) is 1.97. The van der Waals surface area contributed by atoms with Crippen molar-refractivity contribution in [1.82, 2.24) is 9.97 Å². The van der Waals surface area contributed by atoms with Crippen LogP contribution in [-0.4, -0.2) is 17.8 Å². The topological polar surface area (TPSA) is 25.8 Å². The molecular weight excluding hydrogens is 111 g/mol. The predicted octanol–water partition coefficient (Wildman–Crippen LogP) is -0.113. The van der Waals surface area contributed by atoms with E-state index in [1.165, 1.54) is 0 Å². The van der Waals surface area contributed by atoms with Gasteiger partial charge in [0.25, 0.3) is 0 Å². The molecule has 2 nitrogen and oxygen atoms in total. The van der Waals surface area contributed by atoms with Crippen molar-refractivity contribution in [3.8, 4) is 0 Å². The van der Waals surface area contributed by atoms with Crippen molar-refractivity contribution in [2.45, 2.75) is 13.8 Å². The molecule has 0 saturated heterocycles. The lowest BCUT2D eigenvalue weighted by molar-refractivity contribution is 1.07. The van der Waals surface area contributed by atoms with Crippen LogP contribution in [0.3, 0.4) is 0 Å². The lowest BCUT2D eigenvalue weighted by Gasteiger charge is -1.96. The number of aryl methyl sites for hydroxylation is 2. The van der Waals surface area contributed by atoms with Crippen molar-refractivity contribution in [3.63, 3.8) is 0 Å². The number of rotatable bonds is 0. The maximum Gasteiger partial charge on any atom is 0.143 e. The minimum Gasteiger partial charge on any atom is -0.266 e. The molecule has 1 aromatic rings. The van der Waals surface area contributed by atoms with Gasteiger partial charge in [-0.25, -0.2) is 0 Å². The van der Waals surface area contributed by atoms with Gasteiger partial charge in [0, 0.05) is 11.8 Å². The fourth-order valence-corrected chi connectivity index (χ4v) is 0.560. The molecule has 2 radical (unpaired) electrons. The third-order valence-corrected chi connectivity index (χ3v) is 1.21. The highest BCUT2D eigenvalue weighted by molar-refractivity contribution is 6.30. The van der Waals surface area contributed by atoms with E-state index in [1.807, 2.05) is 13.8 Å². The highest BCUT2D eigenvalue weighted by atomic mass is 14.8. The molecule has 0 aliphatic rings. The summed E-state index contributed by atoms with van der Waals surface area (Å²) >= 11 is 0. The minimum absolute atomic E-state index is 0.484. The van der Waals surface area contributed by atoms with Crippen LogP contribution in [0.5, 0.6) is 0 Å². The zero-order valence-electron chi connectivity index (χ0n) is 5.55. The SMILES string of the molecule is [B]c1cnc(C)c(C)n1. The third-order valence-electron chi connectivity index (χ3n) is 1.21. The van der Waals surface area contributed by atoms with Gasteiger partial charge in [0.2, 0.25) is 0 Å². The molecule has 0 atom stereocenters. The Morgan fingerprint density at radius 2 is 2.00 bits per heavy atom. The summed E-state index contributed by atoms with van der Waals surface area (Å²) < 4.78 is 0. The smallest absolute Gasteiger partial charge is 0.143 e. The van der Waals surface area contributed by atoms with Crippen LogP contribution in [0.25, 0.3) is 0 Å². The highest BCUT2D eigenvalue weighted by Crippen LogP contribution is 1.92. The van der Waals surface area contributed by atoms with E-state index in [9.17, 15) is 0 Å². The van der Waals surface area contributed by atoms with E-state index < -0.39 is 0 Å². The normalized spacial score (nSPS) is 9.56. The average molecular weight is 118 g/mol. The molecule has 0 aliphatic heterocycles. The number of nitrogens with zero attached hydrogens (tertiary/aromatic N) is 2. The van der Waals surface area contributed by atoms with Crippen molar-refractivity contribution in [3.05, 3.63) is 17.6 Å². The minimum atomic E-state index is 0.484. The monoisotopic (exact) mass is 118 g/mol. The van der Waals surface area contributed by atoms with Crippen molar-refractivity contribution in [2.75, 3.05) is 0 Å². The molecule has 3 heteroatoms. The summed E-state index contributed by atoms with van der Waals surface area (Å²) in [6.45, 7) is 3.79. The van der Waals surface area contributed by atoms with Gasteiger partial charge in [-0.15, -0.1) is 0 Å². The van der Waals surface area contributed by atoms with E-state index in [1.54, 1.807) is 6.20 Å². The van der Waals surface area contributed by atoms with Crippen LogP contribution in [-0.2, 0) is 0 Å². The second-order valence-electron chi connectivity index (χ2n) is 1.97. The standard InChI is InChI=1S/C6H7BN2/c1-4-5(2)9-6(7)3-8-4/h3H,1-2H3. The summed E-state index contributed by atoms with van der Waals surface area (Å²) in [6, 6.07) is 0. The van der Waals surface area contributed by atoms with E-state index in [2.05, 4.69) is 9.97 Å². The van der Waals surface area contributed by atoms with Crippen LogP contribution in [0.2, 0.25) is 0 Å². The van der Waals surface area contributed by atoms with Crippen LogP contribution in [0.1, 0.15) is 11.4 Å². The largest absolute Gasteiger partial charge is 0.266 e. The van der Waals surface area contributed by atoms with Crippen LogP contribution < -0.4 is 5.59 Å². The Bertz CT molecular complexity index is 222. The maximum atomic E-state index is 5.35.